The van der Waals surface area contributed by atoms with Gasteiger partial charge in [0.1, 0.15) is 6.33 Å². The summed E-state index contributed by atoms with van der Waals surface area (Å²) in [5.74, 6) is -0.998. The molecule has 0 unspecified atom stereocenters. The summed E-state index contributed by atoms with van der Waals surface area (Å²) in [5.41, 5.74) is 6.31. The molecule has 1 heterocycles. The Bertz CT molecular complexity index is 680. The van der Waals surface area contributed by atoms with Crippen molar-refractivity contribution in [3.05, 3.63) is 52.7 Å². The van der Waals surface area contributed by atoms with Gasteiger partial charge in [-0.25, -0.2) is 14.4 Å². The van der Waals surface area contributed by atoms with E-state index in [-0.39, 0.29) is 12.2 Å². The second-order valence-electron chi connectivity index (χ2n) is 4.76. The summed E-state index contributed by atoms with van der Waals surface area (Å²) >= 11 is 5.96. The lowest BCUT2D eigenvalue weighted by Gasteiger charge is -2.19. The summed E-state index contributed by atoms with van der Waals surface area (Å²) in [6.07, 6.45) is 1.72. The Balaban J connectivity index is 2.33. The van der Waals surface area contributed by atoms with Gasteiger partial charge in [-0.15, -0.1) is 0 Å². The van der Waals surface area contributed by atoms with Gasteiger partial charge in [0.25, 0.3) is 0 Å². The quantitative estimate of drug-likeness (QED) is 0.857. The average molecular weight is 323 g/mol. The van der Waals surface area contributed by atoms with E-state index in [0.717, 1.165) is 5.56 Å². The van der Waals surface area contributed by atoms with Gasteiger partial charge in [0.05, 0.1) is 18.2 Å². The van der Waals surface area contributed by atoms with E-state index in [2.05, 4.69) is 15.3 Å². The van der Waals surface area contributed by atoms with Gasteiger partial charge in [0, 0.05) is 5.02 Å². The summed E-state index contributed by atoms with van der Waals surface area (Å²) in [6.45, 7) is 1.80. The maximum Gasteiger partial charge on any atom is 0.219 e. The molecule has 1 aromatic carbocycles. The standard InChI is InChI=1S/C15H16ClFN4O/c1-2-11-14(17)15(20-8-19-11)21-12(7-13(18)22)9-4-3-5-10(16)6-9/h3-6,8,12H,2,7H2,1H3,(H2,18,22)(H,19,20,21)/t12-/m1/s1. The number of primary amides is 1. The zero-order valence-corrected chi connectivity index (χ0v) is 12.8. The third kappa shape index (κ3) is 3.92. The summed E-state index contributed by atoms with van der Waals surface area (Å²) in [5, 5.41) is 3.43. The number of nitrogens with two attached hydrogens (primary N) is 1. The summed E-state index contributed by atoms with van der Waals surface area (Å²) in [6, 6.07) is 6.42. The number of hydrogen-bond donors (Lipinski definition) is 2. The molecule has 0 bridgehead atoms. The van der Waals surface area contributed by atoms with Gasteiger partial charge in [-0.2, -0.15) is 0 Å². The van der Waals surface area contributed by atoms with Gasteiger partial charge in [-0.3, -0.25) is 4.79 Å². The van der Waals surface area contributed by atoms with E-state index in [4.69, 9.17) is 17.3 Å². The topological polar surface area (TPSA) is 80.9 Å². The number of halogens is 2. The van der Waals surface area contributed by atoms with E-state index in [9.17, 15) is 9.18 Å². The van der Waals surface area contributed by atoms with Crippen molar-refractivity contribution in [3.63, 3.8) is 0 Å². The molecule has 0 aliphatic heterocycles. The molecular formula is C15H16ClFN4O. The smallest absolute Gasteiger partial charge is 0.219 e. The second-order valence-corrected chi connectivity index (χ2v) is 5.20. The van der Waals surface area contributed by atoms with Crippen LogP contribution >= 0.6 is 11.6 Å². The fourth-order valence-corrected chi connectivity index (χ4v) is 2.29. The third-order valence-electron chi connectivity index (χ3n) is 3.16. The van der Waals surface area contributed by atoms with Crippen molar-refractivity contribution in [2.45, 2.75) is 25.8 Å². The molecule has 0 aliphatic rings. The minimum absolute atomic E-state index is 0.00869. The van der Waals surface area contributed by atoms with Gasteiger partial charge in [-0.1, -0.05) is 30.7 Å². The zero-order chi connectivity index (χ0) is 16.1. The highest BCUT2D eigenvalue weighted by Gasteiger charge is 2.18. The SMILES string of the molecule is CCc1ncnc(N[C@H](CC(N)=O)c2cccc(Cl)c2)c1F. The third-order valence-corrected chi connectivity index (χ3v) is 3.40. The number of aromatic nitrogens is 2. The molecule has 5 nitrogen and oxygen atoms in total. The van der Waals surface area contributed by atoms with Gasteiger partial charge in [-0.05, 0) is 24.1 Å². The average Bonchev–Trinajstić information content (AvgIpc) is 2.48. The van der Waals surface area contributed by atoms with Crippen LogP contribution in [0.15, 0.2) is 30.6 Å². The Labute approximate surface area is 132 Å². The Kier molecular flexibility index (Phi) is 5.27. The molecule has 1 aromatic heterocycles. The first-order chi connectivity index (χ1) is 10.5. The van der Waals surface area contributed by atoms with E-state index in [1.54, 1.807) is 31.2 Å². The summed E-state index contributed by atoms with van der Waals surface area (Å²) in [7, 11) is 0. The molecule has 116 valence electrons. The predicted molar refractivity (Wildman–Crippen MR) is 83.0 cm³/mol. The fourth-order valence-electron chi connectivity index (χ4n) is 2.10. The summed E-state index contributed by atoms with van der Waals surface area (Å²) < 4.78 is 14.2. The lowest BCUT2D eigenvalue weighted by atomic mass is 10.0. The minimum Gasteiger partial charge on any atom is -0.370 e. The molecule has 0 radical (unpaired) electrons. The lowest BCUT2D eigenvalue weighted by Crippen LogP contribution is -2.21. The van der Waals surface area contributed by atoms with Crippen LogP contribution in [0.4, 0.5) is 10.2 Å². The highest BCUT2D eigenvalue weighted by molar-refractivity contribution is 6.30. The highest BCUT2D eigenvalue weighted by Crippen LogP contribution is 2.25. The van der Waals surface area contributed by atoms with E-state index >= 15 is 0 Å². The monoisotopic (exact) mass is 322 g/mol. The number of hydrogen-bond acceptors (Lipinski definition) is 4. The molecule has 0 aliphatic carbocycles. The number of anilines is 1. The molecule has 0 spiro atoms. The van der Waals surface area contributed by atoms with Crippen LogP contribution in [-0.2, 0) is 11.2 Å². The van der Waals surface area contributed by atoms with E-state index in [1.165, 1.54) is 6.33 Å². The molecule has 7 heteroatoms. The maximum atomic E-state index is 14.2. The first-order valence-electron chi connectivity index (χ1n) is 6.81. The van der Waals surface area contributed by atoms with Gasteiger partial charge in [0.2, 0.25) is 5.91 Å². The van der Waals surface area contributed by atoms with E-state index in [1.807, 2.05) is 0 Å². The number of carbonyl (C=O) groups is 1. The van der Waals surface area contributed by atoms with Crippen molar-refractivity contribution >= 4 is 23.3 Å². The number of rotatable bonds is 6. The fraction of sp³-hybridized carbons (Fsp3) is 0.267. The lowest BCUT2D eigenvalue weighted by molar-refractivity contribution is -0.118. The molecule has 1 amide bonds. The molecule has 1 atom stereocenters. The molecule has 0 fully saturated rings. The van der Waals surface area contributed by atoms with Gasteiger partial charge in [0.15, 0.2) is 11.6 Å². The molecule has 2 rings (SSSR count). The minimum atomic E-state index is -0.526. The molecule has 3 N–H and O–H groups in total. The number of carbonyl (C=O) groups excluding carboxylic acids is 1. The van der Waals surface area contributed by atoms with Crippen molar-refractivity contribution in [1.82, 2.24) is 9.97 Å². The molecule has 22 heavy (non-hydrogen) atoms. The van der Waals surface area contributed by atoms with E-state index < -0.39 is 17.8 Å². The van der Waals surface area contributed by atoms with Gasteiger partial charge < -0.3 is 11.1 Å². The molecule has 0 saturated heterocycles. The number of nitrogens with zero attached hydrogens (tertiary/aromatic N) is 2. The Morgan fingerprint density at radius 2 is 2.23 bits per heavy atom. The van der Waals surface area contributed by atoms with E-state index in [0.29, 0.717) is 17.1 Å². The molecular weight excluding hydrogens is 307 g/mol. The predicted octanol–water partition coefficient (Wildman–Crippen LogP) is 2.86. The Morgan fingerprint density at radius 1 is 1.45 bits per heavy atom. The molecule has 0 saturated carbocycles. The van der Waals surface area contributed by atoms with Crippen LogP contribution in [-0.4, -0.2) is 15.9 Å². The Hall–Kier alpha value is -2.21. The van der Waals surface area contributed by atoms with Crippen LogP contribution in [0.25, 0.3) is 0 Å². The second kappa shape index (κ2) is 7.17. The van der Waals surface area contributed by atoms with Crippen LogP contribution in [0, 0.1) is 5.82 Å². The largest absolute Gasteiger partial charge is 0.370 e. The number of benzene rings is 1. The van der Waals surface area contributed by atoms with Crippen LogP contribution in [0.5, 0.6) is 0 Å². The van der Waals surface area contributed by atoms with Crippen LogP contribution < -0.4 is 11.1 Å². The first kappa shape index (κ1) is 16.2. The van der Waals surface area contributed by atoms with Crippen molar-refractivity contribution in [1.29, 1.82) is 0 Å². The first-order valence-corrected chi connectivity index (χ1v) is 7.18. The van der Waals surface area contributed by atoms with Crippen LogP contribution in [0.1, 0.15) is 30.6 Å². The van der Waals surface area contributed by atoms with Crippen molar-refractivity contribution in [2.24, 2.45) is 5.73 Å². The Morgan fingerprint density at radius 3 is 2.86 bits per heavy atom. The summed E-state index contributed by atoms with van der Waals surface area (Å²) in [4.78, 5) is 19.1. The zero-order valence-electron chi connectivity index (χ0n) is 12.0. The van der Waals surface area contributed by atoms with Crippen LogP contribution in [0.3, 0.4) is 0 Å². The van der Waals surface area contributed by atoms with Gasteiger partial charge >= 0.3 is 0 Å². The van der Waals surface area contributed by atoms with Crippen molar-refractivity contribution in [3.8, 4) is 0 Å². The van der Waals surface area contributed by atoms with Crippen molar-refractivity contribution in [2.75, 3.05) is 5.32 Å². The molecule has 2 aromatic rings. The number of amides is 1. The normalized spacial score (nSPS) is 12.0. The number of nitrogens with one attached hydrogen (secondary N) is 1. The highest BCUT2D eigenvalue weighted by atomic mass is 35.5. The van der Waals surface area contributed by atoms with Crippen LogP contribution in [0.2, 0.25) is 5.02 Å². The number of aryl methyl sites for hydroxylation is 1. The van der Waals surface area contributed by atoms with Crippen molar-refractivity contribution < 1.29 is 9.18 Å². The maximum absolute atomic E-state index is 14.2.